The van der Waals surface area contributed by atoms with Crippen LogP contribution in [0.2, 0.25) is 0 Å². The van der Waals surface area contributed by atoms with Crippen molar-refractivity contribution in [1.82, 2.24) is 0 Å². The van der Waals surface area contributed by atoms with Crippen molar-refractivity contribution in [3.63, 3.8) is 0 Å². The Morgan fingerprint density at radius 2 is 2.00 bits per heavy atom. The van der Waals surface area contributed by atoms with E-state index in [-0.39, 0.29) is 0 Å². The Balaban J connectivity index is 2.08. The van der Waals surface area contributed by atoms with E-state index in [0.717, 1.165) is 37.4 Å². The monoisotopic (exact) mass is 228 g/mol. The van der Waals surface area contributed by atoms with Crippen LogP contribution >= 0.6 is 11.8 Å². The molecule has 0 aromatic carbocycles. The first-order valence-electron chi connectivity index (χ1n) is 6.02. The van der Waals surface area contributed by atoms with Crippen molar-refractivity contribution in [3.8, 4) is 0 Å². The van der Waals surface area contributed by atoms with Gasteiger partial charge in [0.15, 0.2) is 0 Å². The lowest BCUT2D eigenvalue weighted by Crippen LogP contribution is -2.42. The van der Waals surface area contributed by atoms with Crippen LogP contribution < -0.4 is 0 Å². The Morgan fingerprint density at radius 3 is 2.47 bits per heavy atom. The molecule has 86 valence electrons. The van der Waals surface area contributed by atoms with E-state index < -0.39 is 10.7 Å². The molecule has 2 aliphatic rings. The molecule has 0 aromatic rings. The summed E-state index contributed by atoms with van der Waals surface area (Å²) in [6.07, 6.45) is 6.68. The van der Waals surface area contributed by atoms with Crippen LogP contribution in [0.25, 0.3) is 0 Å². The molecule has 0 amide bonds. The maximum absolute atomic E-state index is 11.5. The summed E-state index contributed by atoms with van der Waals surface area (Å²) >= 11 is 1.71. The molecule has 1 aliphatic carbocycles. The second kappa shape index (κ2) is 4.36. The summed E-state index contributed by atoms with van der Waals surface area (Å²) in [6.45, 7) is 2.28. The standard InChI is InChI=1S/C12H20O2S/c1-9-3-5-10(6-4-9)12(11(13)14)7-2-8-15-12/h9-10H,2-8H2,1H3,(H,13,14). The highest BCUT2D eigenvalue weighted by molar-refractivity contribution is 8.01. The number of carboxylic acids is 1. The lowest BCUT2D eigenvalue weighted by molar-refractivity contribution is -0.142. The summed E-state index contributed by atoms with van der Waals surface area (Å²) < 4.78 is -0.417. The lowest BCUT2D eigenvalue weighted by Gasteiger charge is -2.37. The van der Waals surface area contributed by atoms with Gasteiger partial charge in [-0.25, -0.2) is 0 Å². The maximum Gasteiger partial charge on any atom is 0.320 e. The van der Waals surface area contributed by atoms with Crippen LogP contribution in [-0.2, 0) is 4.79 Å². The molecule has 15 heavy (non-hydrogen) atoms. The minimum atomic E-state index is -0.551. The number of aliphatic carboxylic acids is 1. The topological polar surface area (TPSA) is 37.3 Å². The normalized spacial score (nSPS) is 41.7. The Kier molecular flexibility index (Phi) is 3.29. The van der Waals surface area contributed by atoms with E-state index in [4.69, 9.17) is 0 Å². The second-order valence-corrected chi connectivity index (χ2v) is 6.53. The molecule has 3 heteroatoms. The third-order valence-corrected chi connectivity index (χ3v) is 5.81. The fraction of sp³-hybridized carbons (Fsp3) is 0.917. The molecule has 2 fully saturated rings. The smallest absolute Gasteiger partial charge is 0.320 e. The van der Waals surface area contributed by atoms with Crippen LogP contribution in [0.1, 0.15) is 45.4 Å². The number of hydrogen-bond acceptors (Lipinski definition) is 2. The first kappa shape index (κ1) is 11.3. The zero-order valence-corrected chi connectivity index (χ0v) is 10.2. The minimum absolute atomic E-state index is 0.417. The third-order valence-electron chi connectivity index (χ3n) is 4.09. The highest BCUT2D eigenvalue weighted by Gasteiger charge is 2.49. The molecule has 0 aromatic heterocycles. The zero-order chi connectivity index (χ0) is 10.9. The minimum Gasteiger partial charge on any atom is -0.480 e. The van der Waals surface area contributed by atoms with Gasteiger partial charge < -0.3 is 5.11 Å². The zero-order valence-electron chi connectivity index (χ0n) is 9.37. The van der Waals surface area contributed by atoms with Crippen LogP contribution in [-0.4, -0.2) is 21.6 Å². The van der Waals surface area contributed by atoms with Gasteiger partial charge in [0, 0.05) is 0 Å². The highest BCUT2D eigenvalue weighted by Crippen LogP contribution is 2.49. The molecule has 1 saturated heterocycles. The molecule has 1 atom stereocenters. The summed E-state index contributed by atoms with van der Waals surface area (Å²) in [5.41, 5.74) is 0. The summed E-state index contributed by atoms with van der Waals surface area (Å²) in [4.78, 5) is 11.5. The van der Waals surface area contributed by atoms with Crippen LogP contribution in [0.15, 0.2) is 0 Å². The van der Waals surface area contributed by atoms with Crippen LogP contribution in [0, 0.1) is 11.8 Å². The van der Waals surface area contributed by atoms with E-state index in [1.165, 1.54) is 12.8 Å². The van der Waals surface area contributed by atoms with Crippen molar-refractivity contribution >= 4 is 17.7 Å². The Morgan fingerprint density at radius 1 is 1.33 bits per heavy atom. The highest BCUT2D eigenvalue weighted by atomic mass is 32.2. The van der Waals surface area contributed by atoms with Crippen molar-refractivity contribution in [3.05, 3.63) is 0 Å². The number of thioether (sulfide) groups is 1. The van der Waals surface area contributed by atoms with Gasteiger partial charge in [-0.05, 0) is 43.3 Å². The predicted octanol–water partition coefficient (Wildman–Crippen LogP) is 3.16. The quantitative estimate of drug-likeness (QED) is 0.789. The molecule has 0 bridgehead atoms. The van der Waals surface area contributed by atoms with Gasteiger partial charge in [0.05, 0.1) is 0 Å². The van der Waals surface area contributed by atoms with Crippen LogP contribution in [0.5, 0.6) is 0 Å². The molecule has 1 N–H and O–H groups in total. The van der Waals surface area contributed by atoms with E-state index in [0.29, 0.717) is 5.92 Å². The first-order valence-corrected chi connectivity index (χ1v) is 7.01. The summed E-state index contributed by atoms with van der Waals surface area (Å²) in [5, 5.41) is 9.46. The summed E-state index contributed by atoms with van der Waals surface area (Å²) in [5.74, 6) is 1.72. The molecular weight excluding hydrogens is 208 g/mol. The van der Waals surface area contributed by atoms with E-state index in [1.54, 1.807) is 11.8 Å². The van der Waals surface area contributed by atoms with E-state index >= 15 is 0 Å². The summed E-state index contributed by atoms with van der Waals surface area (Å²) in [6, 6.07) is 0. The van der Waals surface area contributed by atoms with Crippen molar-refractivity contribution < 1.29 is 9.90 Å². The van der Waals surface area contributed by atoms with E-state index in [2.05, 4.69) is 6.92 Å². The number of rotatable bonds is 2. The number of carboxylic acid groups (broad SMARTS) is 1. The Hall–Kier alpha value is -0.180. The molecule has 1 heterocycles. The number of carbonyl (C=O) groups is 1. The average Bonchev–Trinajstić information content (AvgIpc) is 2.69. The third kappa shape index (κ3) is 2.03. The first-order chi connectivity index (χ1) is 7.15. The van der Waals surface area contributed by atoms with E-state index in [1.807, 2.05) is 0 Å². The predicted molar refractivity (Wildman–Crippen MR) is 63.2 cm³/mol. The molecular formula is C12H20O2S. The van der Waals surface area contributed by atoms with Crippen LogP contribution in [0.3, 0.4) is 0 Å². The molecule has 1 aliphatic heterocycles. The second-order valence-electron chi connectivity index (χ2n) is 5.10. The maximum atomic E-state index is 11.5. The molecule has 2 nitrogen and oxygen atoms in total. The van der Waals surface area contributed by atoms with Gasteiger partial charge in [-0.15, -0.1) is 11.8 Å². The molecule has 1 unspecified atom stereocenters. The van der Waals surface area contributed by atoms with Crippen LogP contribution in [0.4, 0.5) is 0 Å². The van der Waals surface area contributed by atoms with Gasteiger partial charge in [0.2, 0.25) is 0 Å². The molecule has 0 radical (unpaired) electrons. The summed E-state index contributed by atoms with van der Waals surface area (Å²) in [7, 11) is 0. The Labute approximate surface area is 95.8 Å². The van der Waals surface area contributed by atoms with Gasteiger partial charge in [-0.3, -0.25) is 4.79 Å². The van der Waals surface area contributed by atoms with Crippen molar-refractivity contribution in [2.75, 3.05) is 5.75 Å². The largest absolute Gasteiger partial charge is 0.480 e. The van der Waals surface area contributed by atoms with Gasteiger partial charge in [-0.2, -0.15) is 0 Å². The van der Waals surface area contributed by atoms with Gasteiger partial charge in [0.25, 0.3) is 0 Å². The Bertz CT molecular complexity index is 238. The lowest BCUT2D eigenvalue weighted by atomic mass is 9.74. The van der Waals surface area contributed by atoms with Gasteiger partial charge in [-0.1, -0.05) is 19.8 Å². The molecule has 2 rings (SSSR count). The molecule has 1 saturated carbocycles. The van der Waals surface area contributed by atoms with Gasteiger partial charge in [0.1, 0.15) is 4.75 Å². The fourth-order valence-electron chi connectivity index (χ4n) is 3.05. The van der Waals surface area contributed by atoms with Gasteiger partial charge >= 0.3 is 5.97 Å². The average molecular weight is 228 g/mol. The van der Waals surface area contributed by atoms with Crippen molar-refractivity contribution in [1.29, 1.82) is 0 Å². The van der Waals surface area contributed by atoms with Crippen molar-refractivity contribution in [2.45, 2.75) is 50.2 Å². The number of hydrogen-bond donors (Lipinski definition) is 1. The fourth-order valence-corrected chi connectivity index (χ4v) is 4.59. The SMILES string of the molecule is CC1CCC(C2(C(=O)O)CCCS2)CC1. The van der Waals surface area contributed by atoms with E-state index in [9.17, 15) is 9.90 Å². The molecule has 0 spiro atoms. The van der Waals surface area contributed by atoms with Crippen molar-refractivity contribution in [2.24, 2.45) is 11.8 Å².